The van der Waals surface area contributed by atoms with Gasteiger partial charge in [0.15, 0.2) is 0 Å². The monoisotopic (exact) mass is 403 g/mol. The number of hydrogen-bond donors (Lipinski definition) is 2. The molecule has 0 aliphatic heterocycles. The lowest BCUT2D eigenvalue weighted by atomic mass is 10.00. The third-order valence-corrected chi connectivity index (χ3v) is 6.00. The van der Waals surface area contributed by atoms with Crippen LogP contribution in [0.2, 0.25) is 0 Å². The number of rotatable bonds is 9. The highest BCUT2D eigenvalue weighted by Crippen LogP contribution is 2.21. The first-order chi connectivity index (χ1) is 13.2. The van der Waals surface area contributed by atoms with E-state index in [9.17, 15) is 13.2 Å². The zero-order valence-electron chi connectivity index (χ0n) is 16.9. The van der Waals surface area contributed by atoms with Crippen molar-refractivity contribution in [3.8, 4) is 0 Å². The standard InChI is InChI=1S/C21H29N3O3S/c1-16-10-12-18(13-11-16)28(26,27)23-15-7-14-22-21(25)20(24(3)4)19-9-6-5-8-17(19)2/h5-6,8-13,20,23H,7,14-15H2,1-4H3,(H,22,25)/t20-/m0/s1. The Morgan fingerprint density at radius 3 is 2.25 bits per heavy atom. The van der Waals surface area contributed by atoms with Crippen LogP contribution in [-0.4, -0.2) is 46.4 Å². The first kappa shape index (κ1) is 22.1. The van der Waals surface area contributed by atoms with Gasteiger partial charge < -0.3 is 5.32 Å². The number of nitrogens with one attached hydrogen (secondary N) is 2. The van der Waals surface area contributed by atoms with E-state index in [2.05, 4.69) is 10.0 Å². The molecule has 0 aromatic heterocycles. The van der Waals surface area contributed by atoms with Gasteiger partial charge in [0.25, 0.3) is 0 Å². The first-order valence-electron chi connectivity index (χ1n) is 9.28. The minimum atomic E-state index is -3.53. The number of nitrogens with zero attached hydrogens (tertiary/aromatic N) is 1. The molecule has 0 bridgehead atoms. The third kappa shape index (κ3) is 5.89. The molecule has 28 heavy (non-hydrogen) atoms. The summed E-state index contributed by atoms with van der Waals surface area (Å²) in [6.45, 7) is 4.54. The summed E-state index contributed by atoms with van der Waals surface area (Å²) in [5.74, 6) is -0.0966. The summed E-state index contributed by atoms with van der Waals surface area (Å²) in [4.78, 5) is 14.8. The van der Waals surface area contributed by atoms with Gasteiger partial charge in [-0.25, -0.2) is 13.1 Å². The van der Waals surface area contributed by atoms with Crippen LogP contribution in [0.5, 0.6) is 0 Å². The summed E-state index contributed by atoms with van der Waals surface area (Å²) in [5.41, 5.74) is 3.03. The van der Waals surface area contributed by atoms with Crippen LogP contribution in [0.15, 0.2) is 53.4 Å². The fraction of sp³-hybridized carbons (Fsp3) is 0.381. The van der Waals surface area contributed by atoms with E-state index in [0.29, 0.717) is 13.0 Å². The van der Waals surface area contributed by atoms with E-state index in [0.717, 1.165) is 16.7 Å². The highest BCUT2D eigenvalue weighted by atomic mass is 32.2. The second-order valence-corrected chi connectivity index (χ2v) is 8.85. The van der Waals surface area contributed by atoms with E-state index in [1.165, 1.54) is 0 Å². The summed E-state index contributed by atoms with van der Waals surface area (Å²) >= 11 is 0. The molecular formula is C21H29N3O3S. The van der Waals surface area contributed by atoms with E-state index < -0.39 is 10.0 Å². The molecule has 6 nitrogen and oxygen atoms in total. The van der Waals surface area contributed by atoms with Gasteiger partial charge in [-0.1, -0.05) is 42.0 Å². The smallest absolute Gasteiger partial charge is 0.241 e. The Morgan fingerprint density at radius 1 is 1.00 bits per heavy atom. The molecule has 0 saturated carbocycles. The predicted molar refractivity (Wildman–Crippen MR) is 112 cm³/mol. The van der Waals surface area contributed by atoms with Crippen molar-refractivity contribution in [2.24, 2.45) is 0 Å². The molecule has 2 N–H and O–H groups in total. The van der Waals surface area contributed by atoms with E-state index >= 15 is 0 Å². The molecule has 0 heterocycles. The van der Waals surface area contributed by atoms with Gasteiger partial charge in [0.2, 0.25) is 15.9 Å². The number of carbonyl (C=O) groups excluding carboxylic acids is 1. The molecule has 2 rings (SSSR count). The number of aryl methyl sites for hydroxylation is 2. The van der Waals surface area contributed by atoms with Gasteiger partial charge in [0, 0.05) is 13.1 Å². The molecule has 152 valence electrons. The van der Waals surface area contributed by atoms with Crippen molar-refractivity contribution in [1.82, 2.24) is 14.9 Å². The van der Waals surface area contributed by atoms with Crippen LogP contribution in [0.1, 0.15) is 29.2 Å². The van der Waals surface area contributed by atoms with E-state index in [1.807, 2.05) is 57.1 Å². The Kier molecular flexibility index (Phi) is 7.74. The lowest BCUT2D eigenvalue weighted by Gasteiger charge is -2.25. The van der Waals surface area contributed by atoms with Gasteiger partial charge in [-0.15, -0.1) is 0 Å². The fourth-order valence-electron chi connectivity index (χ4n) is 2.95. The van der Waals surface area contributed by atoms with Crippen LogP contribution < -0.4 is 10.0 Å². The second-order valence-electron chi connectivity index (χ2n) is 7.08. The molecule has 0 aliphatic carbocycles. The van der Waals surface area contributed by atoms with E-state index in [4.69, 9.17) is 0 Å². The maximum absolute atomic E-state index is 12.7. The summed E-state index contributed by atoms with van der Waals surface area (Å²) < 4.78 is 27.1. The lowest BCUT2D eigenvalue weighted by molar-refractivity contribution is -0.125. The third-order valence-electron chi connectivity index (χ3n) is 4.52. The second kappa shape index (κ2) is 9.82. The molecule has 7 heteroatoms. The largest absolute Gasteiger partial charge is 0.354 e. The van der Waals surface area contributed by atoms with Crippen molar-refractivity contribution in [1.29, 1.82) is 0 Å². The molecular weight excluding hydrogens is 374 g/mol. The minimum absolute atomic E-state index is 0.0966. The van der Waals surface area contributed by atoms with Gasteiger partial charge >= 0.3 is 0 Å². The number of carbonyl (C=O) groups is 1. The van der Waals surface area contributed by atoms with Gasteiger partial charge in [-0.2, -0.15) is 0 Å². The zero-order valence-corrected chi connectivity index (χ0v) is 17.7. The van der Waals surface area contributed by atoms with Crippen molar-refractivity contribution in [2.75, 3.05) is 27.2 Å². The van der Waals surface area contributed by atoms with Crippen LogP contribution in [-0.2, 0) is 14.8 Å². The van der Waals surface area contributed by atoms with Crippen LogP contribution >= 0.6 is 0 Å². The lowest BCUT2D eigenvalue weighted by Crippen LogP contribution is -2.38. The Bertz CT molecular complexity index is 893. The Morgan fingerprint density at radius 2 is 1.64 bits per heavy atom. The summed E-state index contributed by atoms with van der Waals surface area (Å²) in [5, 5.41) is 2.91. The van der Waals surface area contributed by atoms with Gasteiger partial charge in [0.1, 0.15) is 6.04 Å². The Labute approximate surface area is 168 Å². The molecule has 0 saturated heterocycles. The maximum Gasteiger partial charge on any atom is 0.241 e. The Balaban J connectivity index is 1.86. The predicted octanol–water partition coefficient (Wildman–Crippen LogP) is 2.39. The van der Waals surface area contributed by atoms with Crippen molar-refractivity contribution < 1.29 is 13.2 Å². The average molecular weight is 404 g/mol. The molecule has 0 aliphatic rings. The summed E-state index contributed by atoms with van der Waals surface area (Å²) in [6.07, 6.45) is 0.505. The molecule has 1 atom stereocenters. The quantitative estimate of drug-likeness (QED) is 0.630. The van der Waals surface area contributed by atoms with Gasteiger partial charge in [-0.3, -0.25) is 9.69 Å². The van der Waals surface area contributed by atoms with Gasteiger partial charge in [0.05, 0.1) is 4.90 Å². The number of likely N-dealkylation sites (N-methyl/N-ethyl adjacent to an activating group) is 1. The number of hydrogen-bond acceptors (Lipinski definition) is 4. The molecule has 0 fully saturated rings. The van der Waals surface area contributed by atoms with Crippen molar-refractivity contribution >= 4 is 15.9 Å². The van der Waals surface area contributed by atoms with Crippen LogP contribution in [0.3, 0.4) is 0 Å². The molecule has 0 unspecified atom stereocenters. The topological polar surface area (TPSA) is 78.5 Å². The molecule has 2 aromatic rings. The highest BCUT2D eigenvalue weighted by molar-refractivity contribution is 7.89. The van der Waals surface area contributed by atoms with Crippen molar-refractivity contribution in [3.05, 3.63) is 65.2 Å². The minimum Gasteiger partial charge on any atom is -0.354 e. The molecule has 0 spiro atoms. The van der Waals surface area contributed by atoms with Crippen LogP contribution in [0, 0.1) is 13.8 Å². The van der Waals surface area contributed by atoms with Crippen molar-refractivity contribution in [2.45, 2.75) is 31.2 Å². The zero-order chi connectivity index (χ0) is 20.7. The van der Waals surface area contributed by atoms with Crippen LogP contribution in [0.25, 0.3) is 0 Å². The number of benzene rings is 2. The molecule has 1 amide bonds. The highest BCUT2D eigenvalue weighted by Gasteiger charge is 2.23. The Hall–Kier alpha value is -2.22. The summed E-state index contributed by atoms with van der Waals surface area (Å²) in [7, 11) is 0.208. The molecule has 2 aromatic carbocycles. The first-order valence-corrected chi connectivity index (χ1v) is 10.8. The average Bonchev–Trinajstić information content (AvgIpc) is 2.63. The van der Waals surface area contributed by atoms with Crippen LogP contribution in [0.4, 0.5) is 0 Å². The molecule has 0 radical (unpaired) electrons. The maximum atomic E-state index is 12.7. The summed E-state index contributed by atoms with van der Waals surface area (Å²) in [6, 6.07) is 14.1. The number of amides is 1. The SMILES string of the molecule is Cc1ccc(S(=O)(=O)NCCCNC(=O)[C@H](c2ccccc2C)N(C)C)cc1. The van der Waals surface area contributed by atoms with Crippen molar-refractivity contribution in [3.63, 3.8) is 0 Å². The number of sulfonamides is 1. The van der Waals surface area contributed by atoms with Gasteiger partial charge in [-0.05, 0) is 57.6 Å². The van der Waals surface area contributed by atoms with E-state index in [-0.39, 0.29) is 23.4 Å². The van der Waals surface area contributed by atoms with E-state index in [1.54, 1.807) is 24.3 Å². The fourth-order valence-corrected chi connectivity index (χ4v) is 4.03. The normalized spacial score (nSPS) is 12.8.